The van der Waals surface area contributed by atoms with Crippen molar-refractivity contribution in [3.8, 4) is 0 Å². The Balaban J connectivity index is 1.50. The van der Waals surface area contributed by atoms with E-state index in [2.05, 4.69) is 16.0 Å². The molecule has 0 unspecified atom stereocenters. The summed E-state index contributed by atoms with van der Waals surface area (Å²) in [6.45, 7) is 1.33. The molecule has 0 aromatic carbocycles. The lowest BCUT2D eigenvalue weighted by atomic mass is 9.95. The highest BCUT2D eigenvalue weighted by Gasteiger charge is 2.20. The second-order valence-electron chi connectivity index (χ2n) is 5.75. The topological polar surface area (TPSA) is 70.2 Å². The van der Waals surface area contributed by atoms with Crippen LogP contribution in [0.2, 0.25) is 0 Å². The summed E-state index contributed by atoms with van der Waals surface area (Å²) >= 11 is 0. The number of carbonyl (C=O) groups excluding carboxylic acids is 2. The summed E-state index contributed by atoms with van der Waals surface area (Å²) in [5.41, 5.74) is 0. The van der Waals surface area contributed by atoms with Crippen molar-refractivity contribution >= 4 is 11.8 Å². The predicted molar refractivity (Wildman–Crippen MR) is 73.6 cm³/mol. The molecule has 0 saturated heterocycles. The minimum atomic E-state index is -0.0977. The van der Waals surface area contributed by atoms with Gasteiger partial charge in [-0.1, -0.05) is 19.3 Å². The van der Waals surface area contributed by atoms with Crippen molar-refractivity contribution in [1.29, 1.82) is 0 Å². The molecule has 2 amide bonds. The average molecular weight is 267 g/mol. The van der Waals surface area contributed by atoms with Crippen LogP contribution in [0.25, 0.3) is 0 Å². The highest BCUT2D eigenvalue weighted by molar-refractivity contribution is 5.85. The van der Waals surface area contributed by atoms with Crippen molar-refractivity contribution in [3.63, 3.8) is 0 Å². The Kier molecular flexibility index (Phi) is 5.63. The van der Waals surface area contributed by atoms with Gasteiger partial charge >= 0.3 is 0 Å². The first-order valence-electron chi connectivity index (χ1n) is 7.51. The van der Waals surface area contributed by atoms with Gasteiger partial charge in [0.05, 0.1) is 13.1 Å². The molecule has 2 saturated carbocycles. The van der Waals surface area contributed by atoms with Gasteiger partial charge in [0.15, 0.2) is 0 Å². The van der Waals surface area contributed by atoms with Crippen LogP contribution in [0.15, 0.2) is 0 Å². The number of hydrogen-bond donors (Lipinski definition) is 3. The number of rotatable bonds is 7. The number of nitrogens with one attached hydrogen (secondary N) is 3. The van der Waals surface area contributed by atoms with Crippen LogP contribution in [0.4, 0.5) is 0 Å². The summed E-state index contributed by atoms with van der Waals surface area (Å²) in [6, 6.07) is 0.311. The maximum absolute atomic E-state index is 11.7. The Labute approximate surface area is 114 Å². The van der Waals surface area contributed by atoms with Gasteiger partial charge in [-0.2, -0.15) is 0 Å². The molecule has 0 radical (unpaired) electrons. The van der Waals surface area contributed by atoms with Crippen LogP contribution in [0, 0.1) is 5.92 Å². The average Bonchev–Trinajstić information content (AvgIpc) is 3.22. The van der Waals surface area contributed by atoms with E-state index in [0.717, 1.165) is 25.3 Å². The van der Waals surface area contributed by atoms with Crippen molar-refractivity contribution in [2.24, 2.45) is 5.92 Å². The van der Waals surface area contributed by atoms with Crippen molar-refractivity contribution in [2.45, 2.75) is 51.0 Å². The standard InChI is InChI=1S/C14H25N3O2/c18-13(9-15-8-11-6-7-11)16-10-14(19)17-12-4-2-1-3-5-12/h11-12,15H,1-10H2,(H,16,18)(H,17,19). The molecule has 0 aliphatic heterocycles. The molecule has 5 heteroatoms. The van der Waals surface area contributed by atoms with Gasteiger partial charge in [0, 0.05) is 6.04 Å². The van der Waals surface area contributed by atoms with Gasteiger partial charge in [0.1, 0.15) is 0 Å². The zero-order chi connectivity index (χ0) is 13.5. The molecule has 3 N–H and O–H groups in total. The smallest absolute Gasteiger partial charge is 0.239 e. The summed E-state index contributed by atoms with van der Waals surface area (Å²) in [6.07, 6.45) is 8.36. The molecule has 108 valence electrons. The van der Waals surface area contributed by atoms with E-state index in [1.165, 1.54) is 32.1 Å². The Morgan fingerprint density at radius 3 is 2.32 bits per heavy atom. The maximum Gasteiger partial charge on any atom is 0.239 e. The molecule has 2 aliphatic carbocycles. The first-order chi connectivity index (χ1) is 9.24. The fourth-order valence-corrected chi connectivity index (χ4v) is 2.48. The summed E-state index contributed by atoms with van der Waals surface area (Å²) in [7, 11) is 0. The predicted octanol–water partition coefficient (Wildman–Crippen LogP) is 0.551. The van der Waals surface area contributed by atoms with Crippen molar-refractivity contribution in [1.82, 2.24) is 16.0 Å². The third-order valence-corrected chi connectivity index (χ3v) is 3.83. The van der Waals surface area contributed by atoms with E-state index in [-0.39, 0.29) is 18.4 Å². The number of amides is 2. The molecule has 0 bridgehead atoms. The maximum atomic E-state index is 11.7. The van der Waals surface area contributed by atoms with E-state index in [4.69, 9.17) is 0 Å². The first kappa shape index (κ1) is 14.3. The Morgan fingerprint density at radius 2 is 1.63 bits per heavy atom. The molecule has 0 heterocycles. The molecule has 0 aromatic heterocycles. The zero-order valence-electron chi connectivity index (χ0n) is 11.5. The minimum Gasteiger partial charge on any atom is -0.352 e. The molecule has 0 spiro atoms. The molecule has 2 fully saturated rings. The summed E-state index contributed by atoms with van der Waals surface area (Å²) in [5.74, 6) is 0.601. The number of carbonyl (C=O) groups is 2. The van der Waals surface area contributed by atoms with E-state index in [9.17, 15) is 9.59 Å². The molecule has 0 aromatic rings. The summed E-state index contributed by atoms with van der Waals surface area (Å²) < 4.78 is 0. The quantitative estimate of drug-likeness (QED) is 0.631. The Bertz CT molecular complexity index is 310. The van der Waals surface area contributed by atoms with Crippen LogP contribution in [0.3, 0.4) is 0 Å². The molecule has 5 nitrogen and oxygen atoms in total. The van der Waals surface area contributed by atoms with Crippen LogP contribution < -0.4 is 16.0 Å². The van der Waals surface area contributed by atoms with E-state index in [0.29, 0.717) is 12.6 Å². The molecule has 2 rings (SSSR count). The van der Waals surface area contributed by atoms with E-state index in [1.54, 1.807) is 0 Å². The SMILES string of the molecule is O=C(CNCC1CC1)NCC(=O)NC1CCCCC1. The lowest BCUT2D eigenvalue weighted by Gasteiger charge is -2.22. The van der Waals surface area contributed by atoms with E-state index < -0.39 is 0 Å². The summed E-state index contributed by atoms with van der Waals surface area (Å²) in [5, 5.41) is 8.75. The van der Waals surface area contributed by atoms with Gasteiger partial charge in [-0.25, -0.2) is 0 Å². The van der Waals surface area contributed by atoms with Gasteiger partial charge in [-0.05, 0) is 38.1 Å². The van der Waals surface area contributed by atoms with Crippen molar-refractivity contribution in [3.05, 3.63) is 0 Å². The second-order valence-corrected chi connectivity index (χ2v) is 5.75. The molecule has 2 aliphatic rings. The van der Waals surface area contributed by atoms with Crippen molar-refractivity contribution < 1.29 is 9.59 Å². The highest BCUT2D eigenvalue weighted by atomic mass is 16.2. The molecular weight excluding hydrogens is 242 g/mol. The van der Waals surface area contributed by atoms with Crippen LogP contribution >= 0.6 is 0 Å². The van der Waals surface area contributed by atoms with E-state index >= 15 is 0 Å². The molecule has 0 atom stereocenters. The van der Waals surface area contributed by atoms with Crippen molar-refractivity contribution in [2.75, 3.05) is 19.6 Å². The van der Waals surface area contributed by atoms with Crippen LogP contribution in [-0.4, -0.2) is 37.5 Å². The largest absolute Gasteiger partial charge is 0.352 e. The molecular formula is C14H25N3O2. The number of hydrogen-bond acceptors (Lipinski definition) is 3. The van der Waals surface area contributed by atoms with Gasteiger partial charge in [-0.15, -0.1) is 0 Å². The Morgan fingerprint density at radius 1 is 0.895 bits per heavy atom. The molecule has 19 heavy (non-hydrogen) atoms. The summed E-state index contributed by atoms with van der Waals surface area (Å²) in [4.78, 5) is 23.1. The second kappa shape index (κ2) is 7.48. The zero-order valence-corrected chi connectivity index (χ0v) is 11.5. The third-order valence-electron chi connectivity index (χ3n) is 3.83. The van der Waals surface area contributed by atoms with Gasteiger partial charge in [0.2, 0.25) is 11.8 Å². The van der Waals surface area contributed by atoms with Gasteiger partial charge < -0.3 is 16.0 Å². The van der Waals surface area contributed by atoms with Crippen LogP contribution in [-0.2, 0) is 9.59 Å². The lowest BCUT2D eigenvalue weighted by molar-refractivity contribution is -0.126. The fraction of sp³-hybridized carbons (Fsp3) is 0.857. The van der Waals surface area contributed by atoms with Crippen LogP contribution in [0.1, 0.15) is 44.9 Å². The normalized spacial score (nSPS) is 20.0. The monoisotopic (exact) mass is 267 g/mol. The van der Waals surface area contributed by atoms with Crippen LogP contribution in [0.5, 0.6) is 0 Å². The van der Waals surface area contributed by atoms with E-state index in [1.807, 2.05) is 0 Å². The third kappa shape index (κ3) is 6.05. The first-order valence-corrected chi connectivity index (χ1v) is 7.51. The van der Waals surface area contributed by atoms with Gasteiger partial charge in [0.25, 0.3) is 0 Å². The lowest BCUT2D eigenvalue weighted by Crippen LogP contribution is -2.44. The van der Waals surface area contributed by atoms with Gasteiger partial charge in [-0.3, -0.25) is 9.59 Å². The minimum absolute atomic E-state index is 0.0672. The Hall–Kier alpha value is -1.10. The highest BCUT2D eigenvalue weighted by Crippen LogP contribution is 2.27. The fourth-order valence-electron chi connectivity index (χ4n) is 2.48.